The third-order valence-corrected chi connectivity index (χ3v) is 5.53. The summed E-state index contributed by atoms with van der Waals surface area (Å²) in [4.78, 5) is 11.7. The normalized spacial score (nSPS) is 10.8. The Morgan fingerprint density at radius 2 is 1.88 bits per heavy atom. The van der Waals surface area contributed by atoms with Crippen LogP contribution in [0.4, 0.5) is 13.2 Å². The van der Waals surface area contributed by atoms with Crippen molar-refractivity contribution in [3.63, 3.8) is 0 Å². The lowest BCUT2D eigenvalue weighted by atomic mass is 9.99. The van der Waals surface area contributed by atoms with Gasteiger partial charge in [0.25, 0.3) is 0 Å². The van der Waals surface area contributed by atoms with Crippen molar-refractivity contribution in [3.05, 3.63) is 82.7 Å². The molecule has 0 unspecified atom stereocenters. The number of benzene rings is 3. The van der Waals surface area contributed by atoms with Gasteiger partial charge in [0.2, 0.25) is 0 Å². The molecule has 0 atom stereocenters. The van der Waals surface area contributed by atoms with Crippen LogP contribution >= 0.6 is 11.9 Å². The molecule has 0 spiro atoms. The molecular formula is C24H19F3N2O3S. The third kappa shape index (κ3) is 6.28. The van der Waals surface area contributed by atoms with E-state index in [2.05, 4.69) is 0 Å². The van der Waals surface area contributed by atoms with E-state index in [-0.39, 0.29) is 40.4 Å². The fourth-order valence-corrected chi connectivity index (χ4v) is 4.06. The van der Waals surface area contributed by atoms with Crippen LogP contribution < -0.4 is 4.74 Å². The van der Waals surface area contributed by atoms with E-state index in [9.17, 15) is 18.0 Å². The van der Waals surface area contributed by atoms with Gasteiger partial charge in [-0.3, -0.25) is 0 Å². The van der Waals surface area contributed by atoms with E-state index < -0.39 is 24.2 Å². The molecule has 3 aromatic carbocycles. The molecule has 0 aliphatic carbocycles. The number of hydrogen-bond acceptors (Lipinski definition) is 5. The fraction of sp³-hybridized carbons (Fsp3) is 0.167. The van der Waals surface area contributed by atoms with Gasteiger partial charge in [-0.2, -0.15) is 5.26 Å². The van der Waals surface area contributed by atoms with Gasteiger partial charge in [-0.15, -0.1) is 0 Å². The summed E-state index contributed by atoms with van der Waals surface area (Å²) in [6.07, 6.45) is 0. The molecular weight excluding hydrogens is 453 g/mol. The van der Waals surface area contributed by atoms with Gasteiger partial charge in [-0.1, -0.05) is 0 Å². The molecule has 0 radical (unpaired) electrons. The van der Waals surface area contributed by atoms with Gasteiger partial charge in [-0.25, -0.2) is 22.3 Å². The molecule has 0 aromatic heterocycles. The summed E-state index contributed by atoms with van der Waals surface area (Å²) in [7, 11) is 1.73. The molecule has 0 fully saturated rings. The minimum absolute atomic E-state index is 0.0550. The number of carbonyl (C=O) groups is 1. The molecule has 0 aliphatic rings. The molecule has 0 aliphatic heterocycles. The van der Waals surface area contributed by atoms with Gasteiger partial charge in [0.05, 0.1) is 11.6 Å². The highest BCUT2D eigenvalue weighted by atomic mass is 32.2. The van der Waals surface area contributed by atoms with Gasteiger partial charge in [-0.05, 0) is 79.5 Å². The van der Waals surface area contributed by atoms with Crippen LogP contribution in [0.2, 0.25) is 0 Å². The summed E-state index contributed by atoms with van der Waals surface area (Å²) >= 11 is 1.29. The Morgan fingerprint density at radius 1 is 1.12 bits per heavy atom. The van der Waals surface area contributed by atoms with E-state index in [1.165, 1.54) is 30.1 Å². The quantitative estimate of drug-likeness (QED) is 0.433. The second-order valence-corrected chi connectivity index (χ2v) is 8.53. The Kier molecular flexibility index (Phi) is 7.63. The van der Waals surface area contributed by atoms with E-state index >= 15 is 0 Å². The first-order valence-electron chi connectivity index (χ1n) is 9.69. The van der Waals surface area contributed by atoms with Crippen molar-refractivity contribution in [1.82, 2.24) is 4.31 Å². The fourth-order valence-electron chi connectivity index (χ4n) is 3.14. The summed E-state index contributed by atoms with van der Waals surface area (Å²) in [5.41, 5.74) is 1.28. The van der Waals surface area contributed by atoms with E-state index in [0.717, 1.165) is 23.1 Å². The molecule has 33 heavy (non-hydrogen) atoms. The molecule has 9 heteroatoms. The molecule has 1 N–H and O–H groups in total. The highest BCUT2D eigenvalue weighted by Gasteiger charge is 2.17. The number of ether oxygens (including phenoxy) is 1. The van der Waals surface area contributed by atoms with Crippen molar-refractivity contribution < 1.29 is 27.8 Å². The Hall–Kier alpha value is -3.48. The summed E-state index contributed by atoms with van der Waals surface area (Å²) in [6.45, 7) is 1.06. The highest BCUT2D eigenvalue weighted by Crippen LogP contribution is 2.35. The van der Waals surface area contributed by atoms with Crippen molar-refractivity contribution >= 4 is 17.9 Å². The maximum atomic E-state index is 14.9. The number of aryl methyl sites for hydroxylation is 1. The first kappa shape index (κ1) is 24.2. The molecule has 3 rings (SSSR count). The Bertz CT molecular complexity index is 1240. The molecule has 0 bridgehead atoms. The van der Waals surface area contributed by atoms with Crippen molar-refractivity contribution in [2.45, 2.75) is 18.4 Å². The molecule has 5 nitrogen and oxygen atoms in total. The number of carboxylic acid groups (broad SMARTS) is 1. The van der Waals surface area contributed by atoms with Crippen molar-refractivity contribution in [2.24, 2.45) is 0 Å². The number of aliphatic carboxylic acids is 1. The van der Waals surface area contributed by atoms with Gasteiger partial charge in [0.15, 0.2) is 6.61 Å². The van der Waals surface area contributed by atoms with Crippen LogP contribution in [0.15, 0.2) is 53.4 Å². The molecule has 0 amide bonds. The Labute approximate surface area is 193 Å². The first-order valence-corrected chi connectivity index (χ1v) is 10.5. The summed E-state index contributed by atoms with van der Waals surface area (Å²) in [5.74, 6) is -2.97. The second-order valence-electron chi connectivity index (χ2n) is 7.25. The zero-order chi connectivity index (χ0) is 24.1. The van der Waals surface area contributed by atoms with E-state index in [1.54, 1.807) is 30.4 Å². The van der Waals surface area contributed by atoms with Gasteiger partial charge < -0.3 is 9.84 Å². The topological polar surface area (TPSA) is 73.6 Å². The maximum Gasteiger partial charge on any atom is 0.341 e. The van der Waals surface area contributed by atoms with Crippen LogP contribution in [-0.4, -0.2) is 29.0 Å². The minimum Gasteiger partial charge on any atom is -0.481 e. The monoisotopic (exact) mass is 472 g/mol. The van der Waals surface area contributed by atoms with Crippen LogP contribution in [0.5, 0.6) is 5.75 Å². The standard InChI is InChI=1S/C24H19F3N2O3S/c1-14-5-19(3-4-21(14)26)33-29(2)12-17-9-20(16-6-15(11-28)7-18(25)8-16)23(10-22(17)27)32-13-24(30)31/h3-10H,12-13H2,1-2H3,(H,30,31). The third-order valence-electron chi connectivity index (χ3n) is 4.62. The number of rotatable bonds is 8. The van der Waals surface area contributed by atoms with Crippen LogP contribution in [0.1, 0.15) is 16.7 Å². The number of hydrogen-bond donors (Lipinski definition) is 1. The van der Waals surface area contributed by atoms with Crippen molar-refractivity contribution in [1.29, 1.82) is 5.26 Å². The average Bonchev–Trinajstić information content (AvgIpc) is 2.75. The lowest BCUT2D eigenvalue weighted by Gasteiger charge is -2.19. The largest absolute Gasteiger partial charge is 0.481 e. The molecule has 0 saturated carbocycles. The predicted octanol–water partition coefficient (Wildman–Crippen LogP) is 5.55. The predicted molar refractivity (Wildman–Crippen MR) is 118 cm³/mol. The molecule has 3 aromatic rings. The van der Waals surface area contributed by atoms with Gasteiger partial charge in [0, 0.05) is 28.6 Å². The summed E-state index contributed by atoms with van der Waals surface area (Å²) in [5, 5.41) is 18.1. The maximum absolute atomic E-state index is 14.9. The zero-order valence-electron chi connectivity index (χ0n) is 17.7. The van der Waals surface area contributed by atoms with Crippen molar-refractivity contribution in [3.8, 4) is 22.9 Å². The molecule has 0 heterocycles. The van der Waals surface area contributed by atoms with Crippen LogP contribution in [-0.2, 0) is 11.3 Å². The lowest BCUT2D eigenvalue weighted by molar-refractivity contribution is -0.139. The van der Waals surface area contributed by atoms with Crippen LogP contribution in [0.25, 0.3) is 11.1 Å². The van der Waals surface area contributed by atoms with E-state index in [1.807, 2.05) is 6.07 Å². The Balaban J connectivity index is 1.96. The highest BCUT2D eigenvalue weighted by molar-refractivity contribution is 7.97. The van der Waals surface area contributed by atoms with Crippen LogP contribution in [0, 0.1) is 35.7 Å². The summed E-state index contributed by atoms with van der Waals surface area (Å²) < 4.78 is 49.4. The molecule has 170 valence electrons. The van der Waals surface area contributed by atoms with E-state index in [0.29, 0.717) is 5.56 Å². The van der Waals surface area contributed by atoms with Gasteiger partial charge >= 0.3 is 5.97 Å². The minimum atomic E-state index is -1.26. The lowest BCUT2D eigenvalue weighted by Crippen LogP contribution is -2.12. The SMILES string of the molecule is Cc1cc(SN(C)Cc2cc(-c3cc(F)cc(C#N)c3)c(OCC(=O)O)cc2F)ccc1F. The number of nitriles is 1. The first-order chi connectivity index (χ1) is 15.7. The number of carboxylic acids is 1. The zero-order valence-corrected chi connectivity index (χ0v) is 18.5. The average molecular weight is 472 g/mol. The van der Waals surface area contributed by atoms with Crippen molar-refractivity contribution in [2.75, 3.05) is 13.7 Å². The smallest absolute Gasteiger partial charge is 0.341 e. The molecule has 0 saturated heterocycles. The van der Waals surface area contributed by atoms with Gasteiger partial charge in [0.1, 0.15) is 23.2 Å². The summed E-state index contributed by atoms with van der Waals surface area (Å²) in [6, 6.07) is 12.6. The second kappa shape index (κ2) is 10.4. The van der Waals surface area contributed by atoms with Crippen LogP contribution in [0.3, 0.4) is 0 Å². The number of halogens is 3. The van der Waals surface area contributed by atoms with E-state index in [4.69, 9.17) is 15.1 Å². The number of nitrogens with zero attached hydrogens (tertiary/aromatic N) is 2. The Morgan fingerprint density at radius 3 is 2.55 bits per heavy atom.